The number of hydrogen-bond donors (Lipinski definition) is 1. The van der Waals surface area contributed by atoms with E-state index in [1.54, 1.807) is 0 Å². The lowest BCUT2D eigenvalue weighted by Crippen LogP contribution is -2.46. The zero-order valence-corrected chi connectivity index (χ0v) is 11.5. The van der Waals surface area contributed by atoms with Crippen molar-refractivity contribution in [3.05, 3.63) is 35.9 Å². The van der Waals surface area contributed by atoms with E-state index in [0.29, 0.717) is 19.4 Å². The fourth-order valence-corrected chi connectivity index (χ4v) is 2.26. The van der Waals surface area contributed by atoms with Gasteiger partial charge in [0.15, 0.2) is 0 Å². The van der Waals surface area contributed by atoms with Crippen LogP contribution in [0.25, 0.3) is 0 Å². The van der Waals surface area contributed by atoms with Crippen LogP contribution < -0.4 is 5.32 Å². The number of methoxy groups -OCH3 is 1. The average Bonchev–Trinajstić information content (AvgIpc) is 2.49. The summed E-state index contributed by atoms with van der Waals surface area (Å²) in [6.45, 7) is 0.351. The molecule has 1 aliphatic heterocycles. The van der Waals surface area contributed by atoms with Gasteiger partial charge in [0, 0.05) is 12.5 Å². The molecule has 0 spiro atoms. The topological polar surface area (TPSA) is 64.6 Å². The Kier molecular flexibility index (Phi) is 5.12. The number of cyclic esters (lactones) is 1. The Morgan fingerprint density at radius 1 is 1.40 bits per heavy atom. The van der Waals surface area contributed by atoms with Crippen molar-refractivity contribution >= 4 is 11.9 Å². The van der Waals surface area contributed by atoms with Crippen molar-refractivity contribution in [2.45, 2.75) is 31.3 Å². The van der Waals surface area contributed by atoms with E-state index in [4.69, 9.17) is 4.74 Å². The van der Waals surface area contributed by atoms with Crippen molar-refractivity contribution in [2.24, 2.45) is 0 Å². The van der Waals surface area contributed by atoms with Gasteiger partial charge in [-0.1, -0.05) is 30.3 Å². The van der Waals surface area contributed by atoms with Crippen LogP contribution in [0.3, 0.4) is 0 Å². The van der Waals surface area contributed by atoms with Crippen molar-refractivity contribution in [1.82, 2.24) is 5.32 Å². The Morgan fingerprint density at radius 2 is 2.15 bits per heavy atom. The molecule has 1 aromatic rings. The van der Waals surface area contributed by atoms with Crippen LogP contribution >= 0.6 is 0 Å². The lowest BCUT2D eigenvalue weighted by atomic mass is 10.0. The summed E-state index contributed by atoms with van der Waals surface area (Å²) in [5.74, 6) is -0.460. The SMILES string of the molecule is COC(=O)CCC[C@H]1COC(=O)[C@@H](c2ccccc2)N1. The predicted molar refractivity (Wildman–Crippen MR) is 72.9 cm³/mol. The molecule has 1 heterocycles. The third-order valence-corrected chi connectivity index (χ3v) is 3.36. The van der Waals surface area contributed by atoms with Gasteiger partial charge >= 0.3 is 11.9 Å². The minimum Gasteiger partial charge on any atom is -0.469 e. The van der Waals surface area contributed by atoms with E-state index in [1.165, 1.54) is 7.11 Å². The monoisotopic (exact) mass is 277 g/mol. The molecule has 20 heavy (non-hydrogen) atoms. The molecule has 5 nitrogen and oxygen atoms in total. The summed E-state index contributed by atoms with van der Waals surface area (Å²) in [5, 5.41) is 3.28. The minimum atomic E-state index is -0.423. The van der Waals surface area contributed by atoms with E-state index in [-0.39, 0.29) is 18.0 Å². The number of esters is 2. The summed E-state index contributed by atoms with van der Waals surface area (Å²) in [4.78, 5) is 22.9. The molecule has 0 unspecified atom stereocenters. The lowest BCUT2D eigenvalue weighted by molar-refractivity contribution is -0.152. The van der Waals surface area contributed by atoms with Crippen molar-refractivity contribution in [2.75, 3.05) is 13.7 Å². The van der Waals surface area contributed by atoms with Gasteiger partial charge in [0.25, 0.3) is 0 Å². The highest BCUT2D eigenvalue weighted by Gasteiger charge is 2.30. The number of carbonyl (C=O) groups excluding carboxylic acids is 2. The molecule has 0 aromatic heterocycles. The predicted octanol–water partition coefficient (Wildman–Crippen LogP) is 1.59. The molecule has 1 aliphatic rings. The Labute approximate surface area is 118 Å². The van der Waals surface area contributed by atoms with Crippen molar-refractivity contribution in [1.29, 1.82) is 0 Å². The molecule has 2 rings (SSSR count). The van der Waals surface area contributed by atoms with Crippen LogP contribution in [0, 0.1) is 0 Å². The van der Waals surface area contributed by atoms with Crippen LogP contribution in [0.2, 0.25) is 0 Å². The fraction of sp³-hybridized carbons (Fsp3) is 0.467. The molecule has 5 heteroatoms. The van der Waals surface area contributed by atoms with E-state index in [0.717, 1.165) is 12.0 Å². The first kappa shape index (κ1) is 14.5. The van der Waals surface area contributed by atoms with E-state index in [1.807, 2.05) is 30.3 Å². The second-order valence-corrected chi connectivity index (χ2v) is 4.81. The molecule has 0 aliphatic carbocycles. The second-order valence-electron chi connectivity index (χ2n) is 4.81. The van der Waals surface area contributed by atoms with Crippen LogP contribution in [0.1, 0.15) is 30.9 Å². The van der Waals surface area contributed by atoms with Gasteiger partial charge in [-0.05, 0) is 18.4 Å². The van der Waals surface area contributed by atoms with Gasteiger partial charge in [0.05, 0.1) is 7.11 Å². The quantitative estimate of drug-likeness (QED) is 0.828. The highest BCUT2D eigenvalue weighted by atomic mass is 16.5. The van der Waals surface area contributed by atoms with E-state index >= 15 is 0 Å². The molecule has 108 valence electrons. The van der Waals surface area contributed by atoms with E-state index in [2.05, 4.69) is 10.1 Å². The standard InChI is InChI=1S/C15H19NO4/c1-19-13(17)9-5-8-12-10-20-15(18)14(16-12)11-6-3-2-4-7-11/h2-4,6-7,12,14,16H,5,8-10H2,1H3/t12-,14+/m0/s1. The number of hydrogen-bond acceptors (Lipinski definition) is 5. The number of ether oxygens (including phenoxy) is 2. The van der Waals surface area contributed by atoms with Crippen molar-refractivity contribution in [3.63, 3.8) is 0 Å². The zero-order valence-electron chi connectivity index (χ0n) is 11.5. The van der Waals surface area contributed by atoms with Crippen molar-refractivity contribution in [3.8, 4) is 0 Å². The average molecular weight is 277 g/mol. The van der Waals surface area contributed by atoms with Gasteiger partial charge in [-0.2, -0.15) is 0 Å². The first-order valence-electron chi connectivity index (χ1n) is 6.75. The first-order valence-corrected chi connectivity index (χ1v) is 6.75. The summed E-state index contributed by atoms with van der Waals surface area (Å²) in [7, 11) is 1.38. The Hall–Kier alpha value is -1.88. The number of rotatable bonds is 5. The van der Waals surface area contributed by atoms with Gasteiger partial charge in [0.2, 0.25) is 0 Å². The van der Waals surface area contributed by atoms with Crippen LogP contribution in [-0.2, 0) is 19.1 Å². The molecule has 0 saturated carbocycles. The maximum atomic E-state index is 11.8. The summed E-state index contributed by atoms with van der Waals surface area (Å²) < 4.78 is 9.83. The summed E-state index contributed by atoms with van der Waals surface area (Å²) in [6, 6.07) is 9.14. The minimum absolute atomic E-state index is 0.0718. The second kappa shape index (κ2) is 7.05. The number of morpholine rings is 1. The van der Waals surface area contributed by atoms with Gasteiger partial charge in [-0.25, -0.2) is 4.79 Å². The maximum Gasteiger partial charge on any atom is 0.327 e. The largest absolute Gasteiger partial charge is 0.469 e. The van der Waals surface area contributed by atoms with Gasteiger partial charge < -0.3 is 9.47 Å². The smallest absolute Gasteiger partial charge is 0.327 e. The molecule has 0 bridgehead atoms. The molecule has 2 atom stereocenters. The summed E-state index contributed by atoms with van der Waals surface area (Å²) >= 11 is 0. The Morgan fingerprint density at radius 3 is 2.85 bits per heavy atom. The third-order valence-electron chi connectivity index (χ3n) is 3.36. The van der Waals surface area contributed by atoms with Crippen LogP contribution in [0.4, 0.5) is 0 Å². The summed E-state index contributed by atoms with van der Waals surface area (Å²) in [5.41, 5.74) is 0.898. The molecular formula is C15H19NO4. The first-order chi connectivity index (χ1) is 9.70. The molecule has 1 aromatic carbocycles. The molecule has 0 radical (unpaired) electrons. The van der Waals surface area contributed by atoms with Gasteiger partial charge in [0.1, 0.15) is 12.6 Å². The zero-order chi connectivity index (χ0) is 14.4. The van der Waals surface area contributed by atoms with Crippen LogP contribution in [0.5, 0.6) is 0 Å². The highest BCUT2D eigenvalue weighted by Crippen LogP contribution is 2.20. The van der Waals surface area contributed by atoms with Gasteiger partial charge in [-0.15, -0.1) is 0 Å². The third kappa shape index (κ3) is 3.81. The highest BCUT2D eigenvalue weighted by molar-refractivity contribution is 5.78. The summed E-state index contributed by atoms with van der Waals surface area (Å²) in [6.07, 6.45) is 1.87. The fourth-order valence-electron chi connectivity index (χ4n) is 2.26. The number of benzene rings is 1. The van der Waals surface area contributed by atoms with Crippen LogP contribution in [-0.4, -0.2) is 31.7 Å². The van der Waals surface area contributed by atoms with Crippen molar-refractivity contribution < 1.29 is 19.1 Å². The molecule has 1 fully saturated rings. The lowest BCUT2D eigenvalue weighted by Gasteiger charge is -2.30. The Bertz CT molecular complexity index is 460. The normalized spacial score (nSPS) is 22.1. The van der Waals surface area contributed by atoms with Crippen LogP contribution in [0.15, 0.2) is 30.3 Å². The molecule has 0 amide bonds. The molecular weight excluding hydrogens is 258 g/mol. The van der Waals surface area contributed by atoms with Gasteiger partial charge in [-0.3, -0.25) is 10.1 Å². The molecule has 1 N–H and O–H groups in total. The maximum absolute atomic E-state index is 11.8. The number of carbonyl (C=O) groups is 2. The molecule has 1 saturated heterocycles. The number of nitrogens with one attached hydrogen (secondary N) is 1. The Balaban J connectivity index is 1.88. The van der Waals surface area contributed by atoms with E-state index < -0.39 is 6.04 Å². The van der Waals surface area contributed by atoms with E-state index in [9.17, 15) is 9.59 Å².